The van der Waals surface area contributed by atoms with E-state index in [9.17, 15) is 19.5 Å². The van der Waals surface area contributed by atoms with Crippen LogP contribution >= 0.6 is 0 Å². The number of hydrogen-bond donors (Lipinski definition) is 2. The average Bonchev–Trinajstić information content (AvgIpc) is 3.43. The van der Waals surface area contributed by atoms with Gasteiger partial charge in [-0.05, 0) is 42.9 Å². The molecule has 2 heterocycles. The number of benzene rings is 2. The molecule has 1 aliphatic carbocycles. The topological polar surface area (TPSA) is 126 Å². The Labute approximate surface area is 228 Å². The van der Waals surface area contributed by atoms with Gasteiger partial charge in [-0.15, -0.1) is 0 Å². The maximum Gasteiger partial charge on any atom is 0.411 e. The van der Waals surface area contributed by atoms with E-state index < -0.39 is 36.5 Å². The molecule has 3 atom stereocenters. The zero-order chi connectivity index (χ0) is 27.4. The molecule has 0 aromatic heterocycles. The summed E-state index contributed by atoms with van der Waals surface area (Å²) in [5.41, 5.74) is 1.79. The van der Waals surface area contributed by atoms with Gasteiger partial charge in [0.05, 0.1) is 5.69 Å². The second kappa shape index (κ2) is 12.1. The number of carbonyl (C=O) groups is 3. The van der Waals surface area contributed by atoms with Crippen LogP contribution in [0.5, 0.6) is 0 Å². The van der Waals surface area contributed by atoms with Crippen molar-refractivity contribution in [3.8, 4) is 0 Å². The highest BCUT2D eigenvalue weighted by molar-refractivity contribution is 5.96. The molecule has 2 aliphatic heterocycles. The van der Waals surface area contributed by atoms with Gasteiger partial charge in [-0.2, -0.15) is 0 Å². The lowest BCUT2D eigenvalue weighted by molar-refractivity contribution is -0.175. The van der Waals surface area contributed by atoms with E-state index in [2.05, 4.69) is 0 Å². The molecule has 10 nitrogen and oxygen atoms in total. The molecule has 2 amide bonds. The van der Waals surface area contributed by atoms with E-state index in [0.717, 1.165) is 42.7 Å². The predicted molar refractivity (Wildman–Crippen MR) is 143 cm³/mol. The van der Waals surface area contributed by atoms with Gasteiger partial charge in [-0.25, -0.2) is 25.3 Å². The molecule has 0 bridgehead atoms. The zero-order valence-corrected chi connectivity index (χ0v) is 22.0. The van der Waals surface area contributed by atoms with Crippen molar-refractivity contribution in [2.24, 2.45) is 5.84 Å². The number of para-hydroxylation sites is 1. The minimum Gasteiger partial charge on any atom is -0.445 e. The van der Waals surface area contributed by atoms with Crippen LogP contribution in [0.15, 0.2) is 54.6 Å². The van der Waals surface area contributed by atoms with E-state index in [1.807, 2.05) is 30.3 Å². The van der Waals surface area contributed by atoms with E-state index >= 15 is 0 Å². The zero-order valence-electron chi connectivity index (χ0n) is 22.0. The molecule has 10 heteroatoms. The summed E-state index contributed by atoms with van der Waals surface area (Å²) < 4.78 is 11.7. The van der Waals surface area contributed by atoms with Crippen molar-refractivity contribution in [1.82, 2.24) is 9.80 Å². The number of carbonyl (C=O) groups excluding carboxylic acids is 3. The van der Waals surface area contributed by atoms with Crippen LogP contribution in [0.1, 0.15) is 56.1 Å². The standard InChI is InChI=1S/C29H36N4O6/c30-33-23-15-8-7-12-21(23)18-24(28(36)39-25-16-9-17-31(25)26(34)27(33)35)32(22-13-5-2-6-14-22)29(37)38-19-20-10-3-1-4-11-20/h1,3-4,7-8,10-12,15,22,24-26,34H,2,5-6,9,13-14,16-19,30H2. The number of nitrogens with zero attached hydrogens (tertiary/aromatic N) is 3. The van der Waals surface area contributed by atoms with Gasteiger partial charge in [0, 0.05) is 19.0 Å². The normalized spacial score (nSPS) is 24.8. The van der Waals surface area contributed by atoms with Crippen LogP contribution in [0.4, 0.5) is 10.5 Å². The molecule has 0 radical (unpaired) electrons. The van der Waals surface area contributed by atoms with E-state index in [0.29, 0.717) is 30.6 Å². The number of esters is 1. The number of aliphatic hydroxyl groups excluding tert-OH is 1. The summed E-state index contributed by atoms with van der Waals surface area (Å²) in [6, 6.07) is 15.2. The van der Waals surface area contributed by atoms with Gasteiger partial charge < -0.3 is 14.6 Å². The van der Waals surface area contributed by atoms with Gasteiger partial charge in [0.2, 0.25) is 0 Å². The quantitative estimate of drug-likeness (QED) is 0.347. The first-order valence-electron chi connectivity index (χ1n) is 13.7. The van der Waals surface area contributed by atoms with Crippen molar-refractivity contribution in [1.29, 1.82) is 0 Å². The first kappa shape index (κ1) is 27.1. The van der Waals surface area contributed by atoms with Crippen molar-refractivity contribution in [3.63, 3.8) is 0 Å². The van der Waals surface area contributed by atoms with Crippen LogP contribution in [0.3, 0.4) is 0 Å². The number of ether oxygens (including phenoxy) is 2. The lowest BCUT2D eigenvalue weighted by Gasteiger charge is -2.38. The average molecular weight is 537 g/mol. The number of hydrogen-bond acceptors (Lipinski definition) is 8. The van der Waals surface area contributed by atoms with Crippen molar-refractivity contribution < 1.29 is 29.0 Å². The molecule has 2 aromatic rings. The fraction of sp³-hybridized carbons (Fsp3) is 0.483. The molecule has 0 spiro atoms. The fourth-order valence-electron chi connectivity index (χ4n) is 5.87. The summed E-state index contributed by atoms with van der Waals surface area (Å²) in [5.74, 6) is 4.94. The van der Waals surface area contributed by atoms with Crippen LogP contribution in [0, 0.1) is 0 Å². The molecule has 39 heavy (non-hydrogen) atoms. The maximum atomic E-state index is 13.9. The molecule has 3 N–H and O–H groups in total. The van der Waals surface area contributed by atoms with Gasteiger partial charge in [0.1, 0.15) is 12.6 Å². The van der Waals surface area contributed by atoms with Crippen LogP contribution in [-0.2, 0) is 32.1 Å². The smallest absolute Gasteiger partial charge is 0.411 e. The van der Waals surface area contributed by atoms with E-state index in [1.54, 1.807) is 29.2 Å². The minimum atomic E-state index is -1.56. The number of nitrogens with two attached hydrogens (primary N) is 1. The highest BCUT2D eigenvalue weighted by Gasteiger charge is 2.43. The van der Waals surface area contributed by atoms with Crippen molar-refractivity contribution in [2.75, 3.05) is 11.6 Å². The Bertz CT molecular complexity index is 1170. The van der Waals surface area contributed by atoms with E-state index in [1.165, 1.54) is 4.90 Å². The Hall–Kier alpha value is -3.47. The summed E-state index contributed by atoms with van der Waals surface area (Å²) in [7, 11) is 0. The fourth-order valence-corrected chi connectivity index (χ4v) is 5.87. The van der Waals surface area contributed by atoms with Crippen LogP contribution in [-0.4, -0.2) is 64.0 Å². The number of rotatable bonds is 4. The number of anilines is 1. The lowest BCUT2D eigenvalue weighted by atomic mass is 9.92. The van der Waals surface area contributed by atoms with Crippen molar-refractivity contribution in [2.45, 2.75) is 82.5 Å². The van der Waals surface area contributed by atoms with E-state index in [4.69, 9.17) is 15.3 Å². The Morgan fingerprint density at radius 1 is 1.00 bits per heavy atom. The first-order valence-corrected chi connectivity index (χ1v) is 13.7. The number of amides is 2. The molecule has 208 valence electrons. The van der Waals surface area contributed by atoms with Gasteiger partial charge >= 0.3 is 12.1 Å². The molecule has 1 saturated carbocycles. The van der Waals surface area contributed by atoms with Crippen molar-refractivity contribution >= 4 is 23.7 Å². The summed E-state index contributed by atoms with van der Waals surface area (Å²) in [6.45, 7) is 0.450. The van der Waals surface area contributed by atoms with Gasteiger partial charge in [-0.3, -0.25) is 9.69 Å². The maximum absolute atomic E-state index is 13.9. The summed E-state index contributed by atoms with van der Waals surface area (Å²) in [6.07, 6.45) is 2.69. The van der Waals surface area contributed by atoms with Crippen LogP contribution in [0.25, 0.3) is 0 Å². The highest BCUT2D eigenvalue weighted by atomic mass is 16.6. The molecule has 2 aromatic carbocycles. The Morgan fingerprint density at radius 2 is 1.72 bits per heavy atom. The van der Waals surface area contributed by atoms with Gasteiger partial charge in [0.15, 0.2) is 12.5 Å². The predicted octanol–water partition coefficient (Wildman–Crippen LogP) is 3.07. The monoisotopic (exact) mass is 536 g/mol. The third kappa shape index (κ3) is 5.93. The number of aliphatic hydroxyl groups is 1. The van der Waals surface area contributed by atoms with Gasteiger partial charge in [-0.1, -0.05) is 67.8 Å². The largest absolute Gasteiger partial charge is 0.445 e. The molecule has 1 saturated heterocycles. The minimum absolute atomic E-state index is 0.0783. The van der Waals surface area contributed by atoms with Crippen LogP contribution < -0.4 is 10.9 Å². The third-order valence-electron chi connectivity index (χ3n) is 7.92. The molecular formula is C29H36N4O6. The molecule has 3 aliphatic rings. The number of hydrazine groups is 1. The highest BCUT2D eigenvalue weighted by Crippen LogP contribution is 2.31. The summed E-state index contributed by atoms with van der Waals surface area (Å²) >= 11 is 0. The lowest BCUT2D eigenvalue weighted by Crippen LogP contribution is -2.55. The summed E-state index contributed by atoms with van der Waals surface area (Å²) in [5, 5.41) is 11.8. The Kier molecular flexibility index (Phi) is 8.44. The van der Waals surface area contributed by atoms with Crippen LogP contribution in [0.2, 0.25) is 0 Å². The molecular weight excluding hydrogens is 500 g/mol. The number of fused-ring (bicyclic) bond motifs is 2. The summed E-state index contributed by atoms with van der Waals surface area (Å²) in [4.78, 5) is 43.8. The first-order chi connectivity index (χ1) is 18.9. The van der Waals surface area contributed by atoms with Crippen molar-refractivity contribution in [3.05, 3.63) is 65.7 Å². The molecule has 2 fully saturated rings. The Balaban J connectivity index is 1.52. The third-order valence-corrected chi connectivity index (χ3v) is 7.92. The SMILES string of the molecule is NN1C(=O)C(O)N2CCCC2OC(=O)C(N(C(=O)OCc2ccccc2)C2CCCCC2)Cc2ccccc21. The second-order valence-corrected chi connectivity index (χ2v) is 10.4. The van der Waals surface area contributed by atoms with Gasteiger partial charge in [0.25, 0.3) is 5.91 Å². The molecule has 3 unspecified atom stereocenters. The van der Waals surface area contributed by atoms with E-state index in [-0.39, 0.29) is 19.1 Å². The Morgan fingerprint density at radius 3 is 2.49 bits per heavy atom. The second-order valence-electron chi connectivity index (χ2n) is 10.4. The molecule has 5 rings (SSSR count).